The van der Waals surface area contributed by atoms with Crippen molar-refractivity contribution in [1.82, 2.24) is 5.32 Å². The Hall–Kier alpha value is -2.48. The van der Waals surface area contributed by atoms with Crippen molar-refractivity contribution in [1.29, 1.82) is 0 Å². The zero-order valence-corrected chi connectivity index (χ0v) is 10.9. The van der Waals surface area contributed by atoms with Crippen molar-refractivity contribution in [3.63, 3.8) is 0 Å². The Morgan fingerprint density at radius 3 is 2.95 bits per heavy atom. The lowest BCUT2D eigenvalue weighted by atomic mass is 9.90. The van der Waals surface area contributed by atoms with E-state index in [4.69, 9.17) is 11.5 Å². The number of para-hydroxylation sites is 1. The highest BCUT2D eigenvalue weighted by Crippen LogP contribution is 2.31. The lowest BCUT2D eigenvalue weighted by Crippen LogP contribution is -2.43. The number of carboxylic acid groups (broad SMARTS) is 1. The van der Waals surface area contributed by atoms with Crippen LogP contribution in [0.3, 0.4) is 0 Å². The summed E-state index contributed by atoms with van der Waals surface area (Å²) in [6.07, 6.45) is 5.73. The van der Waals surface area contributed by atoms with E-state index in [1.807, 2.05) is 24.3 Å². The van der Waals surface area contributed by atoms with Gasteiger partial charge >= 0.3 is 5.97 Å². The Bertz CT molecular complexity index is 562. The first-order chi connectivity index (χ1) is 9.63. The fourth-order valence-corrected chi connectivity index (χ4v) is 2.33. The van der Waals surface area contributed by atoms with E-state index in [2.05, 4.69) is 16.6 Å². The van der Waals surface area contributed by atoms with Crippen molar-refractivity contribution in [3.8, 4) is 12.3 Å². The topological polar surface area (TPSA) is 78.4 Å². The number of hydrogen-bond acceptors (Lipinski definition) is 3. The first kappa shape index (κ1) is 13.9. The van der Waals surface area contributed by atoms with E-state index >= 15 is 0 Å². The van der Waals surface area contributed by atoms with Gasteiger partial charge in [-0.1, -0.05) is 18.2 Å². The molecule has 1 amide bonds. The number of anilines is 1. The maximum Gasteiger partial charge on any atom is 0.327 e. The number of carboxylic acids is 1. The lowest BCUT2D eigenvalue weighted by molar-refractivity contribution is -0.141. The molecule has 0 spiro atoms. The van der Waals surface area contributed by atoms with E-state index in [1.54, 1.807) is 0 Å². The minimum Gasteiger partial charge on any atom is -0.480 e. The average Bonchev–Trinajstić information content (AvgIpc) is 2.46. The Morgan fingerprint density at radius 2 is 2.25 bits per heavy atom. The minimum absolute atomic E-state index is 0.0201. The maximum absolute atomic E-state index is 12.3. The van der Waals surface area contributed by atoms with Crippen LogP contribution in [0.5, 0.6) is 0 Å². The molecule has 0 fully saturated rings. The van der Waals surface area contributed by atoms with Gasteiger partial charge < -0.3 is 15.7 Å². The predicted octanol–water partition coefficient (Wildman–Crippen LogP) is 1.18. The molecule has 20 heavy (non-hydrogen) atoms. The van der Waals surface area contributed by atoms with E-state index in [9.17, 15) is 9.59 Å². The highest BCUT2D eigenvalue weighted by molar-refractivity contribution is 5.90. The molecule has 1 heterocycles. The number of aliphatic carboxylic acids is 1. The molecular weight excluding hydrogens is 256 g/mol. The number of benzene rings is 1. The number of carbonyl (C=O) groups excluding carboxylic acids is 1. The van der Waals surface area contributed by atoms with E-state index in [0.29, 0.717) is 13.0 Å². The second-order valence-electron chi connectivity index (χ2n) is 4.66. The van der Waals surface area contributed by atoms with Gasteiger partial charge in [0.25, 0.3) is 0 Å². The Morgan fingerprint density at radius 1 is 1.50 bits per heavy atom. The zero-order chi connectivity index (χ0) is 14.5. The van der Waals surface area contributed by atoms with Crippen LogP contribution >= 0.6 is 0 Å². The number of amides is 1. The number of terminal acetylenes is 1. The van der Waals surface area contributed by atoms with Gasteiger partial charge in [0.1, 0.15) is 6.04 Å². The van der Waals surface area contributed by atoms with Crippen LogP contribution in [0, 0.1) is 12.3 Å². The molecule has 1 aliphatic rings. The first-order valence-corrected chi connectivity index (χ1v) is 6.43. The molecule has 2 unspecified atom stereocenters. The van der Waals surface area contributed by atoms with Crippen molar-refractivity contribution in [2.24, 2.45) is 0 Å². The molecular formula is C15H16N2O3. The molecule has 104 valence electrons. The van der Waals surface area contributed by atoms with Crippen LogP contribution in [0.2, 0.25) is 0 Å². The maximum atomic E-state index is 12.3. The SMILES string of the molecule is C#CCC(NC(=O)C1CCNc2ccccc21)C(=O)O. The quantitative estimate of drug-likeness (QED) is 0.719. The Labute approximate surface area is 117 Å². The van der Waals surface area contributed by atoms with Gasteiger partial charge in [-0.3, -0.25) is 4.79 Å². The molecule has 1 aliphatic heterocycles. The van der Waals surface area contributed by atoms with Crippen LogP contribution in [0.1, 0.15) is 24.3 Å². The molecule has 2 rings (SSSR count). The highest BCUT2D eigenvalue weighted by Gasteiger charge is 2.29. The molecule has 0 saturated carbocycles. The van der Waals surface area contributed by atoms with Crippen molar-refractivity contribution < 1.29 is 14.7 Å². The standard InChI is InChI=1S/C15H16N2O3/c1-2-5-13(15(19)20)17-14(18)11-8-9-16-12-7-4-3-6-10(11)12/h1,3-4,6-7,11,13,16H,5,8-9H2,(H,17,18)(H,19,20). The first-order valence-electron chi connectivity index (χ1n) is 6.43. The fourth-order valence-electron chi connectivity index (χ4n) is 2.33. The molecule has 3 N–H and O–H groups in total. The van der Waals surface area contributed by atoms with Crippen LogP contribution in [0.4, 0.5) is 5.69 Å². The largest absolute Gasteiger partial charge is 0.480 e. The summed E-state index contributed by atoms with van der Waals surface area (Å²) in [5.41, 5.74) is 1.81. The third-order valence-corrected chi connectivity index (χ3v) is 3.34. The second kappa shape index (κ2) is 6.11. The summed E-state index contributed by atoms with van der Waals surface area (Å²) in [4.78, 5) is 23.3. The number of carbonyl (C=O) groups is 2. The summed E-state index contributed by atoms with van der Waals surface area (Å²) in [5, 5.41) is 14.8. The van der Waals surface area contributed by atoms with Gasteiger partial charge in [0.2, 0.25) is 5.91 Å². The van der Waals surface area contributed by atoms with Crippen LogP contribution in [0.15, 0.2) is 24.3 Å². The van der Waals surface area contributed by atoms with Gasteiger partial charge in [0.15, 0.2) is 0 Å². The van der Waals surface area contributed by atoms with Crippen molar-refractivity contribution >= 4 is 17.6 Å². The average molecular weight is 272 g/mol. The molecule has 0 aromatic heterocycles. The van der Waals surface area contributed by atoms with Gasteiger partial charge in [-0.05, 0) is 18.1 Å². The smallest absolute Gasteiger partial charge is 0.327 e. The summed E-state index contributed by atoms with van der Waals surface area (Å²) in [5.74, 6) is 0.525. The molecule has 0 radical (unpaired) electrons. The molecule has 0 aliphatic carbocycles. The van der Waals surface area contributed by atoms with E-state index in [-0.39, 0.29) is 18.2 Å². The van der Waals surface area contributed by atoms with Crippen LogP contribution in [-0.4, -0.2) is 29.6 Å². The van der Waals surface area contributed by atoms with Crippen molar-refractivity contribution in [3.05, 3.63) is 29.8 Å². The Kier molecular flexibility index (Phi) is 4.26. The van der Waals surface area contributed by atoms with E-state index in [0.717, 1.165) is 11.3 Å². The summed E-state index contributed by atoms with van der Waals surface area (Å²) >= 11 is 0. The van der Waals surface area contributed by atoms with Gasteiger partial charge in [0.05, 0.1) is 5.92 Å². The third-order valence-electron chi connectivity index (χ3n) is 3.34. The number of nitrogens with one attached hydrogen (secondary N) is 2. The third kappa shape index (κ3) is 2.91. The van der Waals surface area contributed by atoms with Gasteiger partial charge in [-0.15, -0.1) is 12.3 Å². The normalized spacial score (nSPS) is 18.1. The fraction of sp³-hybridized carbons (Fsp3) is 0.333. The van der Waals surface area contributed by atoms with Gasteiger partial charge in [-0.2, -0.15) is 0 Å². The van der Waals surface area contributed by atoms with E-state index in [1.165, 1.54) is 0 Å². The molecule has 5 nitrogen and oxygen atoms in total. The molecule has 1 aromatic carbocycles. The molecule has 1 aromatic rings. The van der Waals surface area contributed by atoms with Crippen LogP contribution in [0.25, 0.3) is 0 Å². The molecule has 0 saturated heterocycles. The van der Waals surface area contributed by atoms with Crippen molar-refractivity contribution in [2.45, 2.75) is 24.8 Å². The van der Waals surface area contributed by atoms with Crippen LogP contribution in [-0.2, 0) is 9.59 Å². The monoisotopic (exact) mass is 272 g/mol. The van der Waals surface area contributed by atoms with Crippen molar-refractivity contribution in [2.75, 3.05) is 11.9 Å². The number of hydrogen-bond donors (Lipinski definition) is 3. The summed E-state index contributed by atoms with van der Waals surface area (Å²) in [6.45, 7) is 0.683. The van der Waals surface area contributed by atoms with E-state index < -0.39 is 12.0 Å². The number of rotatable bonds is 4. The van der Waals surface area contributed by atoms with Gasteiger partial charge in [0, 0.05) is 18.7 Å². The molecule has 5 heteroatoms. The lowest BCUT2D eigenvalue weighted by Gasteiger charge is -2.26. The Balaban J connectivity index is 2.14. The number of fused-ring (bicyclic) bond motifs is 1. The van der Waals surface area contributed by atoms with Crippen LogP contribution < -0.4 is 10.6 Å². The molecule has 0 bridgehead atoms. The summed E-state index contributed by atoms with van der Waals surface area (Å²) < 4.78 is 0. The zero-order valence-electron chi connectivity index (χ0n) is 10.9. The van der Waals surface area contributed by atoms with Gasteiger partial charge in [-0.25, -0.2) is 4.79 Å². The minimum atomic E-state index is -1.11. The summed E-state index contributed by atoms with van der Waals surface area (Å²) in [6, 6.07) is 6.51. The predicted molar refractivity (Wildman–Crippen MR) is 75.3 cm³/mol. The summed E-state index contributed by atoms with van der Waals surface area (Å²) in [7, 11) is 0. The second-order valence-corrected chi connectivity index (χ2v) is 4.66. The molecule has 2 atom stereocenters. The highest BCUT2D eigenvalue weighted by atomic mass is 16.4.